The summed E-state index contributed by atoms with van der Waals surface area (Å²) < 4.78 is 38.1. The van der Waals surface area contributed by atoms with Gasteiger partial charge in [-0.05, 0) is 29.8 Å². The fourth-order valence-electron chi connectivity index (χ4n) is 1.95. The van der Waals surface area contributed by atoms with Crippen LogP contribution in [0, 0.1) is 11.6 Å². The van der Waals surface area contributed by atoms with Crippen LogP contribution in [0.1, 0.15) is 5.56 Å². The topological polar surface area (TPSA) is 30.5 Å². The first-order valence-corrected chi connectivity index (χ1v) is 6.70. The van der Waals surface area contributed by atoms with Crippen molar-refractivity contribution in [2.24, 2.45) is 0 Å². The lowest BCUT2D eigenvalue weighted by Gasteiger charge is -2.10. The average molecular weight is 342 g/mol. The minimum atomic E-state index is -0.641. The van der Waals surface area contributed by atoms with E-state index in [1.165, 1.54) is 12.1 Å². The molecule has 0 amide bonds. The summed E-state index contributed by atoms with van der Waals surface area (Å²) >= 11 is 3.04. The van der Waals surface area contributed by atoms with Gasteiger partial charge in [0, 0.05) is 11.0 Å². The fourth-order valence-corrected chi connectivity index (χ4v) is 2.35. The Bertz CT molecular complexity index is 641. The zero-order valence-corrected chi connectivity index (χ0v) is 11.8. The Labute approximate surface area is 122 Å². The maximum atomic E-state index is 13.7. The Balaban J connectivity index is 1.77. The molecule has 1 aliphatic heterocycles. The van der Waals surface area contributed by atoms with Gasteiger partial charge in [0.1, 0.15) is 17.3 Å². The summed E-state index contributed by atoms with van der Waals surface area (Å²) in [5.74, 6) is 0.0334. The van der Waals surface area contributed by atoms with E-state index in [0.29, 0.717) is 16.0 Å². The molecule has 0 unspecified atom stereocenters. The molecule has 1 N–H and O–H groups in total. The van der Waals surface area contributed by atoms with Gasteiger partial charge < -0.3 is 14.8 Å². The predicted molar refractivity (Wildman–Crippen MR) is 73.9 cm³/mol. The number of fused-ring (bicyclic) bond motifs is 1. The summed E-state index contributed by atoms with van der Waals surface area (Å²) in [7, 11) is 0. The van der Waals surface area contributed by atoms with E-state index in [9.17, 15) is 8.78 Å². The lowest BCUT2D eigenvalue weighted by atomic mass is 10.2. The number of nitrogens with one attached hydrogen (secondary N) is 1. The summed E-state index contributed by atoms with van der Waals surface area (Å²) in [6, 6.07) is 7.79. The molecule has 0 radical (unpaired) electrons. The van der Waals surface area contributed by atoms with Crippen molar-refractivity contribution in [1.29, 1.82) is 0 Å². The minimum absolute atomic E-state index is 0.147. The first kappa shape index (κ1) is 13.2. The highest BCUT2D eigenvalue weighted by molar-refractivity contribution is 9.10. The van der Waals surface area contributed by atoms with Crippen LogP contribution in [0.4, 0.5) is 14.5 Å². The molecule has 20 heavy (non-hydrogen) atoms. The van der Waals surface area contributed by atoms with Gasteiger partial charge in [0.25, 0.3) is 0 Å². The molecule has 0 aliphatic carbocycles. The van der Waals surface area contributed by atoms with Gasteiger partial charge in [0.2, 0.25) is 6.79 Å². The summed E-state index contributed by atoms with van der Waals surface area (Å²) in [6.07, 6.45) is 0. The van der Waals surface area contributed by atoms with Gasteiger partial charge in [0.05, 0.1) is 0 Å². The second-order valence-corrected chi connectivity index (χ2v) is 5.20. The van der Waals surface area contributed by atoms with Gasteiger partial charge in [-0.15, -0.1) is 0 Å². The molecule has 104 valence electrons. The molecule has 2 aromatic rings. The van der Waals surface area contributed by atoms with Crippen LogP contribution in [0.5, 0.6) is 11.5 Å². The number of halogens is 3. The standard InChI is InChI=1S/C14H10BrF2NO2/c15-9-4-10(16)14(11(17)5-9)18-6-8-1-2-12-13(3-8)20-7-19-12/h1-5,18H,6-7H2. The highest BCUT2D eigenvalue weighted by Crippen LogP contribution is 2.33. The largest absolute Gasteiger partial charge is 0.454 e. The molecule has 0 aromatic heterocycles. The van der Waals surface area contributed by atoms with Crippen LogP contribution in [0.15, 0.2) is 34.8 Å². The molecule has 0 atom stereocenters. The molecule has 1 heterocycles. The van der Waals surface area contributed by atoms with Gasteiger partial charge in [-0.2, -0.15) is 0 Å². The highest BCUT2D eigenvalue weighted by Gasteiger charge is 2.14. The summed E-state index contributed by atoms with van der Waals surface area (Å²) in [5, 5.41) is 2.75. The maximum Gasteiger partial charge on any atom is 0.231 e. The first-order chi connectivity index (χ1) is 9.63. The van der Waals surface area contributed by atoms with Crippen molar-refractivity contribution in [3.63, 3.8) is 0 Å². The Morgan fingerprint density at radius 1 is 1.05 bits per heavy atom. The maximum absolute atomic E-state index is 13.7. The molecule has 1 aliphatic rings. The molecule has 3 rings (SSSR count). The molecule has 0 saturated carbocycles. The average Bonchev–Trinajstić information content (AvgIpc) is 2.84. The number of anilines is 1. The van der Waals surface area contributed by atoms with Gasteiger partial charge in [-0.1, -0.05) is 22.0 Å². The van der Waals surface area contributed by atoms with Crippen LogP contribution in [0.3, 0.4) is 0 Å². The van der Waals surface area contributed by atoms with Crippen LogP contribution >= 0.6 is 15.9 Å². The SMILES string of the molecule is Fc1cc(Br)cc(F)c1NCc1ccc2c(c1)OCO2. The minimum Gasteiger partial charge on any atom is -0.454 e. The van der Waals surface area contributed by atoms with Crippen molar-refractivity contribution in [2.75, 3.05) is 12.1 Å². The molecule has 0 saturated heterocycles. The number of rotatable bonds is 3. The first-order valence-electron chi connectivity index (χ1n) is 5.90. The van der Waals surface area contributed by atoms with E-state index in [1.54, 1.807) is 12.1 Å². The molecular weight excluding hydrogens is 332 g/mol. The zero-order valence-electron chi connectivity index (χ0n) is 10.3. The normalized spacial score (nSPS) is 12.6. The molecule has 0 fully saturated rings. The van der Waals surface area contributed by atoms with E-state index in [2.05, 4.69) is 21.2 Å². The Kier molecular flexibility index (Phi) is 3.48. The monoisotopic (exact) mass is 341 g/mol. The van der Waals surface area contributed by atoms with Crippen LogP contribution in [-0.2, 0) is 6.54 Å². The Hall–Kier alpha value is -1.82. The van der Waals surface area contributed by atoms with Gasteiger partial charge in [-0.25, -0.2) is 8.78 Å². The van der Waals surface area contributed by atoms with E-state index < -0.39 is 11.6 Å². The van der Waals surface area contributed by atoms with E-state index in [0.717, 1.165) is 5.56 Å². The predicted octanol–water partition coefficient (Wildman–Crippen LogP) is 4.07. The van der Waals surface area contributed by atoms with E-state index in [1.807, 2.05) is 6.07 Å². The lowest BCUT2D eigenvalue weighted by Crippen LogP contribution is -2.04. The van der Waals surface area contributed by atoms with Crippen molar-refractivity contribution in [3.05, 3.63) is 52.0 Å². The number of hydrogen-bond donors (Lipinski definition) is 1. The van der Waals surface area contributed by atoms with Crippen LogP contribution in [0.2, 0.25) is 0 Å². The third-order valence-electron chi connectivity index (χ3n) is 2.91. The number of hydrogen-bond acceptors (Lipinski definition) is 3. The molecule has 6 heteroatoms. The summed E-state index contributed by atoms with van der Waals surface area (Å²) in [5.41, 5.74) is 0.696. The molecule has 2 aromatic carbocycles. The van der Waals surface area contributed by atoms with Crippen molar-refractivity contribution < 1.29 is 18.3 Å². The van der Waals surface area contributed by atoms with Gasteiger partial charge >= 0.3 is 0 Å². The summed E-state index contributed by atoms with van der Waals surface area (Å²) in [6.45, 7) is 0.480. The fraction of sp³-hybridized carbons (Fsp3) is 0.143. The van der Waals surface area contributed by atoms with Crippen molar-refractivity contribution in [2.45, 2.75) is 6.54 Å². The third-order valence-corrected chi connectivity index (χ3v) is 3.37. The smallest absolute Gasteiger partial charge is 0.231 e. The lowest BCUT2D eigenvalue weighted by molar-refractivity contribution is 0.174. The Morgan fingerprint density at radius 2 is 1.75 bits per heavy atom. The van der Waals surface area contributed by atoms with Gasteiger partial charge in [-0.3, -0.25) is 0 Å². The number of ether oxygens (including phenoxy) is 2. The Morgan fingerprint density at radius 3 is 2.50 bits per heavy atom. The highest BCUT2D eigenvalue weighted by atomic mass is 79.9. The second-order valence-electron chi connectivity index (χ2n) is 4.29. The molecule has 3 nitrogen and oxygen atoms in total. The molecular formula is C14H10BrF2NO2. The molecule has 0 spiro atoms. The second kappa shape index (κ2) is 5.28. The van der Waals surface area contributed by atoms with E-state index in [4.69, 9.17) is 9.47 Å². The quantitative estimate of drug-likeness (QED) is 0.912. The number of benzene rings is 2. The van der Waals surface area contributed by atoms with Crippen molar-refractivity contribution in [3.8, 4) is 11.5 Å². The summed E-state index contributed by atoms with van der Waals surface area (Å²) in [4.78, 5) is 0. The van der Waals surface area contributed by atoms with Gasteiger partial charge in [0.15, 0.2) is 11.5 Å². The zero-order chi connectivity index (χ0) is 14.1. The molecule has 0 bridgehead atoms. The van der Waals surface area contributed by atoms with Crippen LogP contribution in [0.25, 0.3) is 0 Å². The van der Waals surface area contributed by atoms with E-state index in [-0.39, 0.29) is 19.0 Å². The van der Waals surface area contributed by atoms with Crippen LogP contribution < -0.4 is 14.8 Å². The van der Waals surface area contributed by atoms with Crippen LogP contribution in [-0.4, -0.2) is 6.79 Å². The van der Waals surface area contributed by atoms with E-state index >= 15 is 0 Å². The van der Waals surface area contributed by atoms with Crippen molar-refractivity contribution in [1.82, 2.24) is 0 Å². The third kappa shape index (κ3) is 2.56. The van der Waals surface area contributed by atoms with Crippen molar-refractivity contribution >= 4 is 21.6 Å².